The molecule has 3 N–H and O–H groups in total. The first kappa shape index (κ1) is 13.8. The van der Waals surface area contributed by atoms with Gasteiger partial charge in [-0.1, -0.05) is 13.3 Å². The lowest BCUT2D eigenvalue weighted by Crippen LogP contribution is -2.50. The maximum absolute atomic E-state index is 11.6. The Morgan fingerprint density at radius 1 is 1.53 bits per heavy atom. The van der Waals surface area contributed by atoms with Crippen molar-refractivity contribution in [3.8, 4) is 0 Å². The van der Waals surface area contributed by atoms with Crippen LogP contribution < -0.4 is 10.6 Å². The molecule has 1 heterocycles. The van der Waals surface area contributed by atoms with Gasteiger partial charge < -0.3 is 20.5 Å². The summed E-state index contributed by atoms with van der Waals surface area (Å²) in [5.74, 6) is -0.998. The number of carboxylic acid groups (broad SMARTS) is 1. The van der Waals surface area contributed by atoms with Crippen molar-refractivity contribution in [2.24, 2.45) is 0 Å². The van der Waals surface area contributed by atoms with E-state index in [1.807, 2.05) is 6.92 Å². The average molecular weight is 244 g/mol. The Bertz CT molecular complexity index is 264. The van der Waals surface area contributed by atoms with Gasteiger partial charge in [-0.05, 0) is 19.3 Å². The van der Waals surface area contributed by atoms with Crippen molar-refractivity contribution >= 4 is 12.0 Å². The minimum absolute atomic E-state index is 0.0141. The standard InChI is InChI=1S/C11H20N2O4/c1-2-4-9(10(14)15)13-11(16)12-8-5-3-6-17-7-8/h8-9H,2-7H2,1H3,(H,14,15)(H2,12,13,16)/t8?,9-/m0/s1. The van der Waals surface area contributed by atoms with Crippen LogP contribution >= 0.6 is 0 Å². The zero-order valence-corrected chi connectivity index (χ0v) is 10.1. The topological polar surface area (TPSA) is 87.7 Å². The van der Waals surface area contributed by atoms with E-state index in [2.05, 4.69) is 10.6 Å². The highest BCUT2D eigenvalue weighted by Gasteiger charge is 2.21. The van der Waals surface area contributed by atoms with E-state index in [4.69, 9.17) is 9.84 Å². The Morgan fingerprint density at radius 3 is 2.82 bits per heavy atom. The summed E-state index contributed by atoms with van der Waals surface area (Å²) >= 11 is 0. The number of ether oxygens (including phenoxy) is 1. The largest absolute Gasteiger partial charge is 0.480 e. The first-order chi connectivity index (χ1) is 8.13. The molecule has 0 radical (unpaired) electrons. The molecule has 0 saturated carbocycles. The summed E-state index contributed by atoms with van der Waals surface area (Å²) < 4.78 is 5.22. The van der Waals surface area contributed by atoms with Gasteiger partial charge in [0, 0.05) is 6.61 Å². The Hall–Kier alpha value is -1.30. The van der Waals surface area contributed by atoms with Gasteiger partial charge >= 0.3 is 12.0 Å². The molecule has 2 amide bonds. The number of carbonyl (C=O) groups is 2. The van der Waals surface area contributed by atoms with E-state index in [-0.39, 0.29) is 6.04 Å². The lowest BCUT2D eigenvalue weighted by Gasteiger charge is -2.24. The van der Waals surface area contributed by atoms with Crippen LogP contribution in [0, 0.1) is 0 Å². The molecule has 6 nitrogen and oxygen atoms in total. The molecule has 0 aromatic carbocycles. The van der Waals surface area contributed by atoms with Crippen LogP contribution in [0.3, 0.4) is 0 Å². The lowest BCUT2D eigenvalue weighted by atomic mass is 10.1. The van der Waals surface area contributed by atoms with Crippen LogP contribution in [0.1, 0.15) is 32.6 Å². The van der Waals surface area contributed by atoms with Crippen molar-refractivity contribution in [3.63, 3.8) is 0 Å². The third-order valence-electron chi connectivity index (χ3n) is 2.68. The number of urea groups is 1. The number of carboxylic acids is 1. The van der Waals surface area contributed by atoms with E-state index in [1.165, 1.54) is 0 Å². The summed E-state index contributed by atoms with van der Waals surface area (Å²) in [4.78, 5) is 22.4. The van der Waals surface area contributed by atoms with E-state index in [0.29, 0.717) is 19.4 Å². The van der Waals surface area contributed by atoms with Gasteiger partial charge in [0.1, 0.15) is 6.04 Å². The van der Waals surface area contributed by atoms with Crippen LogP contribution in [0.25, 0.3) is 0 Å². The van der Waals surface area contributed by atoms with Crippen molar-refractivity contribution in [1.29, 1.82) is 0 Å². The predicted octanol–water partition coefficient (Wildman–Crippen LogP) is 0.718. The maximum Gasteiger partial charge on any atom is 0.326 e. The van der Waals surface area contributed by atoms with Crippen LogP contribution in [0.4, 0.5) is 4.79 Å². The highest BCUT2D eigenvalue weighted by molar-refractivity contribution is 5.82. The highest BCUT2D eigenvalue weighted by atomic mass is 16.5. The molecule has 98 valence electrons. The maximum atomic E-state index is 11.6. The molecular formula is C11H20N2O4. The Morgan fingerprint density at radius 2 is 2.29 bits per heavy atom. The summed E-state index contributed by atoms with van der Waals surface area (Å²) in [6.07, 6.45) is 2.94. The minimum Gasteiger partial charge on any atom is -0.480 e. The van der Waals surface area contributed by atoms with Gasteiger partial charge in [-0.2, -0.15) is 0 Å². The molecule has 6 heteroatoms. The second-order valence-corrected chi connectivity index (χ2v) is 4.21. The van der Waals surface area contributed by atoms with Crippen LogP contribution in [0.2, 0.25) is 0 Å². The van der Waals surface area contributed by atoms with E-state index in [0.717, 1.165) is 19.4 Å². The van der Waals surface area contributed by atoms with Gasteiger partial charge in [0.05, 0.1) is 12.6 Å². The fourth-order valence-corrected chi connectivity index (χ4v) is 1.79. The third-order valence-corrected chi connectivity index (χ3v) is 2.68. The average Bonchev–Trinajstić information content (AvgIpc) is 2.29. The van der Waals surface area contributed by atoms with Gasteiger partial charge in [0.15, 0.2) is 0 Å². The second-order valence-electron chi connectivity index (χ2n) is 4.21. The highest BCUT2D eigenvalue weighted by Crippen LogP contribution is 2.05. The molecule has 1 fully saturated rings. The summed E-state index contributed by atoms with van der Waals surface area (Å²) in [5, 5.41) is 14.1. The van der Waals surface area contributed by atoms with Gasteiger partial charge in [0.25, 0.3) is 0 Å². The molecule has 0 aromatic heterocycles. The minimum atomic E-state index is -0.998. The normalized spacial score (nSPS) is 21.6. The van der Waals surface area contributed by atoms with Crippen molar-refractivity contribution < 1.29 is 19.4 Å². The summed E-state index contributed by atoms with van der Waals surface area (Å²) in [7, 11) is 0. The molecule has 0 bridgehead atoms. The van der Waals surface area contributed by atoms with Crippen molar-refractivity contribution in [2.45, 2.75) is 44.7 Å². The molecule has 0 aliphatic carbocycles. The molecule has 1 aliphatic rings. The SMILES string of the molecule is CCC[C@H](NC(=O)NC1CCCOC1)C(=O)O. The fourth-order valence-electron chi connectivity index (χ4n) is 1.79. The summed E-state index contributed by atoms with van der Waals surface area (Å²) in [6, 6.07) is -1.26. The molecule has 1 rings (SSSR count). The molecule has 17 heavy (non-hydrogen) atoms. The first-order valence-corrected chi connectivity index (χ1v) is 6.01. The Balaban J connectivity index is 2.33. The molecular weight excluding hydrogens is 224 g/mol. The number of carbonyl (C=O) groups excluding carboxylic acids is 1. The number of hydrogen-bond acceptors (Lipinski definition) is 3. The lowest BCUT2D eigenvalue weighted by molar-refractivity contribution is -0.139. The number of rotatable bonds is 5. The van der Waals surface area contributed by atoms with Gasteiger partial charge in [0.2, 0.25) is 0 Å². The van der Waals surface area contributed by atoms with Crippen LogP contribution in [-0.2, 0) is 9.53 Å². The van der Waals surface area contributed by atoms with Gasteiger partial charge in [-0.25, -0.2) is 9.59 Å². The Labute approximate surface area is 101 Å². The summed E-state index contributed by atoms with van der Waals surface area (Å²) in [5.41, 5.74) is 0. The number of nitrogens with one attached hydrogen (secondary N) is 2. The van der Waals surface area contributed by atoms with Gasteiger partial charge in [-0.15, -0.1) is 0 Å². The molecule has 1 aliphatic heterocycles. The smallest absolute Gasteiger partial charge is 0.326 e. The first-order valence-electron chi connectivity index (χ1n) is 6.01. The van der Waals surface area contributed by atoms with E-state index < -0.39 is 18.0 Å². The predicted molar refractivity (Wildman–Crippen MR) is 61.8 cm³/mol. The number of aliphatic carboxylic acids is 1. The molecule has 1 saturated heterocycles. The second kappa shape index (κ2) is 7.11. The monoisotopic (exact) mass is 244 g/mol. The van der Waals surface area contributed by atoms with E-state index in [1.54, 1.807) is 0 Å². The van der Waals surface area contributed by atoms with Crippen molar-refractivity contribution in [2.75, 3.05) is 13.2 Å². The summed E-state index contributed by atoms with van der Waals surface area (Å²) in [6.45, 7) is 3.11. The zero-order chi connectivity index (χ0) is 12.7. The van der Waals surface area contributed by atoms with Gasteiger partial charge in [-0.3, -0.25) is 0 Å². The van der Waals surface area contributed by atoms with Crippen LogP contribution in [-0.4, -0.2) is 42.4 Å². The third kappa shape index (κ3) is 5.04. The Kier molecular flexibility index (Phi) is 5.76. The van der Waals surface area contributed by atoms with Crippen LogP contribution in [0.5, 0.6) is 0 Å². The number of hydrogen-bond donors (Lipinski definition) is 3. The van der Waals surface area contributed by atoms with Crippen LogP contribution in [0.15, 0.2) is 0 Å². The van der Waals surface area contributed by atoms with E-state index >= 15 is 0 Å². The molecule has 0 aromatic rings. The molecule has 1 unspecified atom stereocenters. The molecule has 2 atom stereocenters. The zero-order valence-electron chi connectivity index (χ0n) is 10.1. The quantitative estimate of drug-likeness (QED) is 0.665. The fraction of sp³-hybridized carbons (Fsp3) is 0.818. The van der Waals surface area contributed by atoms with Crippen molar-refractivity contribution in [3.05, 3.63) is 0 Å². The molecule has 0 spiro atoms. The van der Waals surface area contributed by atoms with Crippen molar-refractivity contribution in [1.82, 2.24) is 10.6 Å². The van der Waals surface area contributed by atoms with E-state index in [9.17, 15) is 9.59 Å². The number of amides is 2.